The van der Waals surface area contributed by atoms with Crippen LogP contribution < -0.4 is 14.2 Å². The highest BCUT2D eigenvalue weighted by molar-refractivity contribution is 8.04. The van der Waals surface area contributed by atoms with Gasteiger partial charge in [0.25, 0.3) is 11.2 Å². The van der Waals surface area contributed by atoms with Crippen LogP contribution in [0.4, 0.5) is 0 Å². The van der Waals surface area contributed by atoms with Gasteiger partial charge in [0, 0.05) is 31.7 Å². The zero-order valence-corrected chi connectivity index (χ0v) is 39.1. The summed E-state index contributed by atoms with van der Waals surface area (Å²) in [5.41, 5.74) is 10.2. The van der Waals surface area contributed by atoms with Crippen LogP contribution in [0.15, 0.2) is 88.1 Å². The Bertz CT molecular complexity index is 2060. The minimum Gasteiger partial charge on any atom is -0.482 e. The number of azide groups is 1. The van der Waals surface area contributed by atoms with Gasteiger partial charge in [-0.1, -0.05) is 19.1 Å². The van der Waals surface area contributed by atoms with E-state index in [1.54, 1.807) is 72.2 Å². The van der Waals surface area contributed by atoms with Crippen molar-refractivity contribution in [1.82, 2.24) is 14.5 Å². The van der Waals surface area contributed by atoms with Gasteiger partial charge < -0.3 is 33.8 Å². The van der Waals surface area contributed by atoms with Gasteiger partial charge in [-0.15, -0.1) is 19.8 Å². The Labute approximate surface area is 357 Å². The molecule has 0 aromatic heterocycles. The van der Waals surface area contributed by atoms with Crippen molar-refractivity contribution in [1.29, 1.82) is 0 Å². The molecule has 0 radical (unpaired) electrons. The van der Waals surface area contributed by atoms with E-state index in [2.05, 4.69) is 20.2 Å². The van der Waals surface area contributed by atoms with Crippen LogP contribution >= 0.6 is 28.9 Å². The summed E-state index contributed by atoms with van der Waals surface area (Å²) in [6.45, 7) is 6.76. The average Bonchev–Trinajstić information content (AvgIpc) is 3.14. The third-order valence-corrected chi connectivity index (χ3v) is 16.4. The topological polar surface area (TPSA) is 226 Å². The van der Waals surface area contributed by atoms with Crippen LogP contribution in [0, 0.1) is 0 Å². The summed E-state index contributed by atoms with van der Waals surface area (Å²) in [5.74, 6) is 1.48. The SMILES string of the molecule is CCCC(C)(Oc1ccc(CCN(CP(=O)(O)O)CP(=O)(O)O)cc1)[P+](=S)N(C)/N=C/c1ccc(OC(C)[P+](=S)N(C)/N=C/c2ccc(OC(C)(C)N=[N+]=[N-])cc2)cc1. The predicted molar refractivity (Wildman–Crippen MR) is 241 cm³/mol. The second-order valence-corrected chi connectivity index (χ2v) is 23.4. The quantitative estimate of drug-likeness (QED) is 0.0165. The van der Waals surface area contributed by atoms with E-state index in [9.17, 15) is 28.7 Å². The number of rotatable bonds is 24. The molecule has 0 heterocycles. The molecule has 3 aromatic carbocycles. The maximum Gasteiger partial charge on any atom is 0.358 e. The van der Waals surface area contributed by atoms with E-state index in [-0.39, 0.29) is 12.4 Å². The molecule has 0 fully saturated rings. The molecule has 0 saturated carbocycles. The number of benzene rings is 3. The van der Waals surface area contributed by atoms with Crippen molar-refractivity contribution in [2.45, 2.75) is 70.8 Å². The fourth-order valence-electron chi connectivity index (χ4n) is 5.47. The van der Waals surface area contributed by atoms with Crippen molar-refractivity contribution in [2.24, 2.45) is 15.3 Å². The Morgan fingerprint density at radius 2 is 1.29 bits per heavy atom. The van der Waals surface area contributed by atoms with Gasteiger partial charge in [0.15, 0.2) is 29.3 Å². The molecule has 59 heavy (non-hydrogen) atoms. The average molecular weight is 929 g/mol. The molecule has 0 aliphatic carbocycles. The summed E-state index contributed by atoms with van der Waals surface area (Å²) in [6.07, 6.45) is 3.71. The first-order valence-corrected chi connectivity index (χ1v) is 26.5. The Kier molecular flexibility index (Phi) is 19.0. The smallest absolute Gasteiger partial charge is 0.358 e. The summed E-state index contributed by atoms with van der Waals surface area (Å²) in [7, 11) is -5.40. The molecule has 3 aromatic rings. The van der Waals surface area contributed by atoms with Crippen molar-refractivity contribution >= 4 is 64.9 Å². The van der Waals surface area contributed by atoms with E-state index in [4.69, 9.17) is 43.4 Å². The maximum atomic E-state index is 11.5. The summed E-state index contributed by atoms with van der Waals surface area (Å²) in [5, 5.41) is 12.0. The van der Waals surface area contributed by atoms with E-state index in [1.807, 2.05) is 71.3 Å². The van der Waals surface area contributed by atoms with Crippen molar-refractivity contribution in [2.75, 3.05) is 33.2 Å². The fraction of sp³-hybridized carbons (Fsp3) is 0.444. The molecular formula is C36H52N8O9P4S2+2. The Morgan fingerprint density at radius 1 is 0.814 bits per heavy atom. The molecule has 0 spiro atoms. The lowest BCUT2D eigenvalue weighted by atomic mass is 10.1. The molecule has 3 rings (SSSR count). The molecule has 0 amide bonds. The van der Waals surface area contributed by atoms with Crippen LogP contribution in [0.5, 0.6) is 17.2 Å². The van der Waals surface area contributed by atoms with E-state index in [1.165, 1.54) is 0 Å². The van der Waals surface area contributed by atoms with Gasteiger partial charge in [0.1, 0.15) is 29.8 Å². The Morgan fingerprint density at radius 3 is 1.78 bits per heavy atom. The largest absolute Gasteiger partial charge is 0.482 e. The van der Waals surface area contributed by atoms with E-state index >= 15 is 0 Å². The van der Waals surface area contributed by atoms with Crippen molar-refractivity contribution in [3.05, 3.63) is 99.9 Å². The monoisotopic (exact) mass is 928 g/mol. The molecule has 320 valence electrons. The van der Waals surface area contributed by atoms with E-state index in [0.717, 1.165) is 28.0 Å². The molecule has 4 N–H and O–H groups in total. The first kappa shape index (κ1) is 50.0. The van der Waals surface area contributed by atoms with Crippen molar-refractivity contribution in [3.8, 4) is 17.2 Å². The van der Waals surface area contributed by atoms with Gasteiger partial charge in [-0.2, -0.15) is 0 Å². The second kappa shape index (κ2) is 22.5. The lowest BCUT2D eigenvalue weighted by molar-refractivity contribution is 0.117. The fourth-order valence-corrected chi connectivity index (χ4v) is 10.1. The highest BCUT2D eigenvalue weighted by atomic mass is 32.4. The number of ether oxygens (including phenoxy) is 3. The van der Waals surface area contributed by atoms with Crippen LogP contribution in [0.25, 0.3) is 10.4 Å². The first-order valence-electron chi connectivity index (χ1n) is 18.2. The zero-order chi connectivity index (χ0) is 44.0. The molecular weight excluding hydrogens is 876 g/mol. The number of hydrazone groups is 2. The Hall–Kier alpha value is -3.39. The molecule has 4 atom stereocenters. The summed E-state index contributed by atoms with van der Waals surface area (Å²) in [6, 6.07) is 21.9. The van der Waals surface area contributed by atoms with Crippen LogP contribution in [-0.4, -0.2) is 96.6 Å². The number of hydrogen-bond donors (Lipinski definition) is 4. The van der Waals surface area contributed by atoms with Crippen molar-refractivity contribution in [3.63, 3.8) is 0 Å². The first-order chi connectivity index (χ1) is 27.5. The molecule has 0 bridgehead atoms. The normalized spacial score (nSPS) is 14.4. The third-order valence-electron chi connectivity index (χ3n) is 8.19. The zero-order valence-electron chi connectivity index (χ0n) is 33.9. The minimum absolute atomic E-state index is 0.0419. The van der Waals surface area contributed by atoms with Gasteiger partial charge in [0.05, 0.1) is 26.5 Å². The van der Waals surface area contributed by atoms with E-state index in [0.29, 0.717) is 30.1 Å². The minimum atomic E-state index is -4.52. The molecule has 23 heteroatoms. The molecule has 0 aliphatic heterocycles. The second-order valence-electron chi connectivity index (χ2n) is 14.1. The van der Waals surface area contributed by atoms with Gasteiger partial charge in [0.2, 0.25) is 0 Å². The molecule has 4 unspecified atom stereocenters. The summed E-state index contributed by atoms with van der Waals surface area (Å²) < 4.78 is 44.8. The van der Waals surface area contributed by atoms with Crippen LogP contribution in [0.3, 0.4) is 0 Å². The third kappa shape index (κ3) is 18.0. The lowest BCUT2D eigenvalue weighted by Gasteiger charge is -2.25. The molecule has 0 aliphatic rings. The van der Waals surface area contributed by atoms with Crippen molar-refractivity contribution < 1.29 is 42.9 Å². The van der Waals surface area contributed by atoms with Gasteiger partial charge in [-0.05, 0) is 115 Å². The van der Waals surface area contributed by atoms with E-state index < -0.39 is 52.5 Å². The number of nitrogens with zero attached hydrogens (tertiary/aromatic N) is 8. The van der Waals surface area contributed by atoms with Gasteiger partial charge in [-0.25, -0.2) is 0 Å². The van der Waals surface area contributed by atoms with Crippen LogP contribution in [0.2, 0.25) is 0 Å². The predicted octanol–water partition coefficient (Wildman–Crippen LogP) is 8.50. The van der Waals surface area contributed by atoms with Gasteiger partial charge in [-0.3, -0.25) is 14.0 Å². The van der Waals surface area contributed by atoms with Crippen LogP contribution in [0.1, 0.15) is 64.2 Å². The highest BCUT2D eigenvalue weighted by Gasteiger charge is 2.45. The molecule has 17 nitrogen and oxygen atoms in total. The summed E-state index contributed by atoms with van der Waals surface area (Å²) in [4.78, 5) is 41.2. The van der Waals surface area contributed by atoms with Gasteiger partial charge >= 0.3 is 28.9 Å². The Balaban J connectivity index is 1.56. The van der Waals surface area contributed by atoms with Crippen LogP contribution in [-0.2, 0) is 39.2 Å². The standard InChI is InChI=1S/C36H50N8O9P4S2/c1-8-22-36(5,53-34-17-9-29(10-18-34)21-23-44(26-56(45,46)47)27-57(48,49)50)55(59)43(7)39-25-30-11-15-32(16-12-30)51-28(2)54(58)42(6)38-24-31-13-19-33(20-14-31)52-35(3,4)40-41-37/h9-20,24-25,28H,8,21-23,26-27H2,1-7H3,(H2-2,45,46,47,48,49,50)/p+2/b38-24+,39-25+. The highest BCUT2D eigenvalue weighted by Crippen LogP contribution is 2.46. The lowest BCUT2D eigenvalue weighted by Crippen LogP contribution is -2.31. The summed E-state index contributed by atoms with van der Waals surface area (Å²) >= 11 is 11.8. The number of hydrogen-bond acceptors (Lipinski definition) is 11. The maximum absolute atomic E-state index is 11.5. The molecule has 0 saturated heterocycles.